The van der Waals surface area contributed by atoms with Crippen molar-refractivity contribution in [2.45, 2.75) is 31.1 Å². The van der Waals surface area contributed by atoms with Gasteiger partial charge in [0.05, 0.1) is 9.85 Å². The first-order valence-electron chi connectivity index (χ1n) is 7.31. The van der Waals surface area contributed by atoms with Crippen LogP contribution in [0, 0.1) is 11.7 Å². The Hall–Kier alpha value is -0.860. The molecule has 0 N–H and O–H groups in total. The second-order valence-electron chi connectivity index (χ2n) is 5.67. The number of hydrogen-bond donors (Lipinski definition) is 0. The topological polar surface area (TPSA) is 0 Å². The van der Waals surface area contributed by atoms with Crippen LogP contribution in [0.1, 0.15) is 34.9 Å². The van der Waals surface area contributed by atoms with Crippen molar-refractivity contribution < 1.29 is 4.39 Å². The average Bonchev–Trinajstić information content (AvgIpc) is 2.65. The molecule has 2 aromatic carbocycles. The van der Waals surface area contributed by atoms with Crippen molar-refractivity contribution >= 4 is 27.5 Å². The van der Waals surface area contributed by atoms with Crippen LogP contribution < -0.4 is 0 Å². The van der Waals surface area contributed by atoms with E-state index in [1.165, 1.54) is 17.2 Å². The zero-order valence-electron chi connectivity index (χ0n) is 11.7. The standard InChI is InChI=1S/C18H17BrClF/c19-17-13(7-4-10-16(17)21)11-14-8-3-6-12-5-1-2-9-15(12)18(14)20/h1-2,4-5,7,9-10,14,18H,3,6,8,11H2. The van der Waals surface area contributed by atoms with Crippen molar-refractivity contribution in [3.8, 4) is 0 Å². The number of benzene rings is 2. The molecule has 0 saturated carbocycles. The quantitative estimate of drug-likeness (QED) is 0.447. The van der Waals surface area contributed by atoms with Crippen LogP contribution in [0.2, 0.25) is 0 Å². The molecule has 3 heteroatoms. The summed E-state index contributed by atoms with van der Waals surface area (Å²) in [5.74, 6) is 0.140. The number of alkyl halides is 1. The van der Waals surface area contributed by atoms with Crippen LogP contribution in [0.25, 0.3) is 0 Å². The van der Waals surface area contributed by atoms with Crippen molar-refractivity contribution in [3.63, 3.8) is 0 Å². The number of aryl methyl sites for hydroxylation is 1. The molecule has 110 valence electrons. The monoisotopic (exact) mass is 366 g/mol. The summed E-state index contributed by atoms with van der Waals surface area (Å²) in [5.41, 5.74) is 3.61. The molecule has 1 aliphatic rings. The van der Waals surface area contributed by atoms with Crippen molar-refractivity contribution in [2.24, 2.45) is 5.92 Å². The van der Waals surface area contributed by atoms with Gasteiger partial charge in [0.15, 0.2) is 0 Å². The Balaban J connectivity index is 1.88. The molecular formula is C18H17BrClF. The van der Waals surface area contributed by atoms with E-state index >= 15 is 0 Å². The first kappa shape index (κ1) is 15.1. The highest BCUT2D eigenvalue weighted by atomic mass is 79.9. The van der Waals surface area contributed by atoms with Gasteiger partial charge in [-0.2, -0.15) is 0 Å². The molecule has 0 amide bonds. The van der Waals surface area contributed by atoms with Gasteiger partial charge in [-0.1, -0.05) is 36.4 Å². The minimum Gasteiger partial charge on any atom is -0.206 e. The number of fused-ring (bicyclic) bond motifs is 1. The molecule has 0 heterocycles. The summed E-state index contributed by atoms with van der Waals surface area (Å²) < 4.78 is 14.2. The molecule has 0 bridgehead atoms. The molecule has 2 atom stereocenters. The highest BCUT2D eigenvalue weighted by Crippen LogP contribution is 2.40. The van der Waals surface area contributed by atoms with E-state index in [1.807, 2.05) is 6.07 Å². The number of rotatable bonds is 2. The van der Waals surface area contributed by atoms with E-state index in [4.69, 9.17) is 11.6 Å². The van der Waals surface area contributed by atoms with E-state index in [-0.39, 0.29) is 11.2 Å². The third-order valence-corrected chi connectivity index (χ3v) is 5.78. The molecule has 0 aliphatic heterocycles. The van der Waals surface area contributed by atoms with E-state index in [1.54, 1.807) is 6.07 Å². The van der Waals surface area contributed by atoms with Gasteiger partial charge >= 0.3 is 0 Å². The summed E-state index contributed by atoms with van der Waals surface area (Å²) in [6.45, 7) is 0. The summed E-state index contributed by atoms with van der Waals surface area (Å²) in [7, 11) is 0. The van der Waals surface area contributed by atoms with Crippen LogP contribution in [-0.4, -0.2) is 0 Å². The molecule has 3 rings (SSSR count). The maximum Gasteiger partial charge on any atom is 0.137 e. The van der Waals surface area contributed by atoms with Crippen molar-refractivity contribution in [1.82, 2.24) is 0 Å². The maximum absolute atomic E-state index is 13.7. The van der Waals surface area contributed by atoms with Crippen LogP contribution in [0.4, 0.5) is 4.39 Å². The molecule has 0 nitrogen and oxygen atoms in total. The van der Waals surface area contributed by atoms with Crippen molar-refractivity contribution in [1.29, 1.82) is 0 Å². The summed E-state index contributed by atoms with van der Waals surface area (Å²) in [6, 6.07) is 13.7. The molecule has 0 spiro atoms. The lowest BCUT2D eigenvalue weighted by molar-refractivity contribution is 0.463. The van der Waals surface area contributed by atoms with Gasteiger partial charge in [-0.15, -0.1) is 11.6 Å². The molecule has 0 aromatic heterocycles. The molecule has 21 heavy (non-hydrogen) atoms. The average molecular weight is 368 g/mol. The van der Waals surface area contributed by atoms with Crippen molar-refractivity contribution in [2.75, 3.05) is 0 Å². The molecule has 2 unspecified atom stereocenters. The second-order valence-corrected chi connectivity index (χ2v) is 6.93. The first-order valence-corrected chi connectivity index (χ1v) is 8.54. The van der Waals surface area contributed by atoms with Gasteiger partial charge in [-0.05, 0) is 70.3 Å². The van der Waals surface area contributed by atoms with Crippen molar-refractivity contribution in [3.05, 3.63) is 69.4 Å². The lowest BCUT2D eigenvalue weighted by Gasteiger charge is -2.22. The highest BCUT2D eigenvalue weighted by molar-refractivity contribution is 9.10. The second kappa shape index (κ2) is 6.50. The zero-order valence-corrected chi connectivity index (χ0v) is 14.0. The zero-order chi connectivity index (χ0) is 14.8. The SMILES string of the molecule is Fc1cccc(CC2CCCc3ccccc3C2Cl)c1Br. The summed E-state index contributed by atoms with van der Waals surface area (Å²) in [6.07, 6.45) is 4.10. The first-order chi connectivity index (χ1) is 10.2. The van der Waals surface area contributed by atoms with Crippen LogP contribution in [-0.2, 0) is 12.8 Å². The molecule has 1 aliphatic carbocycles. The van der Waals surface area contributed by atoms with Gasteiger partial charge in [0, 0.05) is 0 Å². The van der Waals surface area contributed by atoms with Gasteiger partial charge < -0.3 is 0 Å². The minimum absolute atomic E-state index is 0.00105. The summed E-state index contributed by atoms with van der Waals surface area (Å²) >= 11 is 10.1. The Labute approximate surface area is 138 Å². The van der Waals surface area contributed by atoms with E-state index in [2.05, 4.69) is 40.2 Å². The van der Waals surface area contributed by atoms with Crippen LogP contribution >= 0.6 is 27.5 Å². The van der Waals surface area contributed by atoms with Gasteiger partial charge in [0.1, 0.15) is 5.82 Å². The Morgan fingerprint density at radius 3 is 2.81 bits per heavy atom. The highest BCUT2D eigenvalue weighted by Gasteiger charge is 2.26. The Bertz CT molecular complexity index is 641. The third kappa shape index (κ3) is 3.17. The fraction of sp³-hybridized carbons (Fsp3) is 0.333. The Morgan fingerprint density at radius 1 is 1.14 bits per heavy atom. The Kier molecular flexibility index (Phi) is 4.66. The number of hydrogen-bond acceptors (Lipinski definition) is 0. The van der Waals surface area contributed by atoms with Gasteiger partial charge in [-0.3, -0.25) is 0 Å². The van der Waals surface area contributed by atoms with Crippen LogP contribution in [0.5, 0.6) is 0 Å². The molecular weight excluding hydrogens is 351 g/mol. The smallest absolute Gasteiger partial charge is 0.137 e. The normalized spacial score (nSPS) is 21.7. The van der Waals surface area contributed by atoms with Crippen LogP contribution in [0.3, 0.4) is 0 Å². The maximum atomic E-state index is 13.7. The fourth-order valence-corrected chi connectivity index (χ4v) is 4.03. The Morgan fingerprint density at radius 2 is 1.95 bits per heavy atom. The largest absolute Gasteiger partial charge is 0.206 e. The predicted octanol–water partition coefficient (Wildman–Crippen LogP) is 6.06. The lowest BCUT2D eigenvalue weighted by atomic mass is 9.90. The number of halogens is 3. The molecule has 2 aromatic rings. The van der Waals surface area contributed by atoms with Crippen LogP contribution in [0.15, 0.2) is 46.9 Å². The fourth-order valence-electron chi connectivity index (χ4n) is 3.18. The van der Waals surface area contributed by atoms with E-state index < -0.39 is 0 Å². The van der Waals surface area contributed by atoms with Gasteiger partial charge in [0.25, 0.3) is 0 Å². The van der Waals surface area contributed by atoms with Gasteiger partial charge in [-0.25, -0.2) is 4.39 Å². The lowest BCUT2D eigenvalue weighted by Crippen LogP contribution is -2.11. The molecule has 0 radical (unpaired) electrons. The van der Waals surface area contributed by atoms with Gasteiger partial charge in [0.2, 0.25) is 0 Å². The van der Waals surface area contributed by atoms with E-state index in [0.29, 0.717) is 10.4 Å². The predicted molar refractivity (Wildman–Crippen MR) is 89.3 cm³/mol. The molecule has 0 saturated heterocycles. The summed E-state index contributed by atoms with van der Waals surface area (Å²) in [4.78, 5) is 0. The minimum atomic E-state index is -0.201. The van der Waals surface area contributed by atoms with E-state index in [0.717, 1.165) is 31.2 Å². The third-order valence-electron chi connectivity index (χ3n) is 4.30. The molecule has 0 fully saturated rings. The van der Waals surface area contributed by atoms with E-state index in [9.17, 15) is 4.39 Å². The summed E-state index contributed by atoms with van der Waals surface area (Å²) in [5, 5.41) is -0.00105.